The Morgan fingerprint density at radius 3 is 2.29 bits per heavy atom. The van der Waals surface area contributed by atoms with E-state index in [0.717, 1.165) is 0 Å². The lowest BCUT2D eigenvalue weighted by molar-refractivity contribution is 0.0615. The molecular weight excluding hydrogens is 204 g/mol. The minimum absolute atomic E-state index is 0.484. The monoisotopic (exact) mass is 222 g/mol. The molecule has 0 aromatic rings. The third-order valence-electron chi connectivity index (χ3n) is 1.27. The van der Waals surface area contributed by atoms with E-state index < -0.39 is 21.8 Å². The summed E-state index contributed by atoms with van der Waals surface area (Å²) in [6, 6.07) is -0.627. The Kier molecular flexibility index (Phi) is 7.39. The van der Waals surface area contributed by atoms with Crippen LogP contribution >= 0.6 is 0 Å². The average Bonchev–Trinajstić information content (AvgIpc) is 2.03. The van der Waals surface area contributed by atoms with E-state index in [1.807, 2.05) is 13.8 Å². The van der Waals surface area contributed by atoms with Gasteiger partial charge in [0.05, 0.1) is 0 Å². The fourth-order valence-electron chi connectivity index (χ4n) is 0.800. The molecule has 0 aliphatic heterocycles. The van der Waals surface area contributed by atoms with Gasteiger partial charge in [-0.2, -0.15) is 0 Å². The number of rotatable bonds is 7. The molecule has 3 N–H and O–H groups in total. The van der Waals surface area contributed by atoms with Crippen LogP contribution in [-0.2, 0) is 13.3 Å². The van der Waals surface area contributed by atoms with Gasteiger partial charge in [-0.25, -0.2) is 4.79 Å². The van der Waals surface area contributed by atoms with Crippen molar-refractivity contribution in [1.29, 1.82) is 0 Å². The molecule has 0 fully saturated rings. The molecule has 0 spiro atoms. The van der Waals surface area contributed by atoms with E-state index >= 15 is 0 Å². The number of hydrogen-bond donors (Lipinski definition) is 2. The molecule has 7 heteroatoms. The van der Waals surface area contributed by atoms with E-state index in [9.17, 15) is 4.79 Å². The fraction of sp³-hybridized carbons (Fsp3) is 0.857. The Bertz CT molecular complexity index is 164. The zero-order valence-corrected chi connectivity index (χ0v) is 9.93. The van der Waals surface area contributed by atoms with Crippen molar-refractivity contribution >= 4 is 15.6 Å². The zero-order valence-electron chi connectivity index (χ0n) is 8.78. The Hall–Kier alpha value is -0.633. The molecule has 0 bridgehead atoms. The second-order valence-corrected chi connectivity index (χ2v) is 4.00. The first kappa shape index (κ1) is 13.4. The maximum atomic E-state index is 10.5. The van der Waals surface area contributed by atoms with Crippen LogP contribution < -0.4 is 11.1 Å². The highest BCUT2D eigenvalue weighted by Gasteiger charge is 2.18. The fourth-order valence-corrected chi connectivity index (χ4v) is 2.00. The predicted octanol–water partition coefficient (Wildman–Crippen LogP) is -0.193. The lowest BCUT2D eigenvalue weighted by atomic mass is 10.7. The number of carbonyl (C=O) groups is 1. The highest BCUT2D eigenvalue weighted by molar-refractivity contribution is 6.36. The summed E-state index contributed by atoms with van der Waals surface area (Å²) in [4.78, 5) is 10.5. The van der Waals surface area contributed by atoms with Gasteiger partial charge in [0.1, 0.15) is 6.23 Å². The van der Waals surface area contributed by atoms with E-state index in [2.05, 4.69) is 5.32 Å². The van der Waals surface area contributed by atoms with Gasteiger partial charge in [0.2, 0.25) is 0 Å². The van der Waals surface area contributed by atoms with Gasteiger partial charge in [-0.1, -0.05) is 0 Å². The van der Waals surface area contributed by atoms with Crippen LogP contribution in [0, 0.1) is 0 Å². The Balaban J connectivity index is 3.81. The summed E-state index contributed by atoms with van der Waals surface area (Å²) in [5.74, 6) is 0. The highest BCUT2D eigenvalue weighted by Crippen LogP contribution is 1.96. The van der Waals surface area contributed by atoms with Crippen molar-refractivity contribution in [3.05, 3.63) is 0 Å². The summed E-state index contributed by atoms with van der Waals surface area (Å²) < 4.78 is 15.8. The van der Waals surface area contributed by atoms with Gasteiger partial charge in [0, 0.05) is 13.2 Å². The summed E-state index contributed by atoms with van der Waals surface area (Å²) in [7, 11) is -2.12. The smallest absolute Gasteiger partial charge is 0.376 e. The van der Waals surface area contributed by atoms with Crippen molar-refractivity contribution in [2.45, 2.75) is 27.0 Å². The van der Waals surface area contributed by atoms with E-state index in [0.29, 0.717) is 13.2 Å². The molecule has 0 heterocycles. The summed E-state index contributed by atoms with van der Waals surface area (Å²) in [5, 5.41) is 2.38. The molecule has 0 aliphatic rings. The molecule has 14 heavy (non-hydrogen) atoms. The van der Waals surface area contributed by atoms with Gasteiger partial charge in [-0.15, -0.1) is 0 Å². The van der Waals surface area contributed by atoms with Gasteiger partial charge in [-0.3, -0.25) is 0 Å². The largest absolute Gasteiger partial charge is 0.485 e. The standard InChI is InChI=1S/C7H18N2O4Si/c1-4-11-14(12-5-2)13-6(3)9-7(8)10/h6,14H,4-5H2,1-3H3,(H3,8,9,10). The summed E-state index contributed by atoms with van der Waals surface area (Å²) in [6.07, 6.45) is -0.484. The van der Waals surface area contributed by atoms with Crippen LogP contribution in [0.4, 0.5) is 4.79 Å². The van der Waals surface area contributed by atoms with Gasteiger partial charge in [0.25, 0.3) is 0 Å². The van der Waals surface area contributed by atoms with Crippen LogP contribution in [0.25, 0.3) is 0 Å². The maximum absolute atomic E-state index is 10.5. The number of primary amides is 1. The predicted molar refractivity (Wildman–Crippen MR) is 53.7 cm³/mol. The summed E-state index contributed by atoms with van der Waals surface area (Å²) >= 11 is 0. The molecule has 2 amide bonds. The minimum atomic E-state index is -2.12. The van der Waals surface area contributed by atoms with E-state index in [-0.39, 0.29) is 0 Å². The van der Waals surface area contributed by atoms with Gasteiger partial charge in [0.15, 0.2) is 0 Å². The zero-order chi connectivity index (χ0) is 11.0. The van der Waals surface area contributed by atoms with Gasteiger partial charge in [-0.05, 0) is 20.8 Å². The van der Waals surface area contributed by atoms with Gasteiger partial charge < -0.3 is 24.3 Å². The molecule has 1 unspecified atom stereocenters. The summed E-state index contributed by atoms with van der Waals surface area (Å²) in [5.41, 5.74) is 4.92. The van der Waals surface area contributed by atoms with Crippen molar-refractivity contribution in [1.82, 2.24) is 5.32 Å². The molecule has 0 saturated carbocycles. The van der Waals surface area contributed by atoms with Crippen LogP contribution in [-0.4, -0.2) is 35.0 Å². The maximum Gasteiger partial charge on any atom is 0.485 e. The molecule has 84 valence electrons. The van der Waals surface area contributed by atoms with Crippen LogP contribution in [0.1, 0.15) is 20.8 Å². The molecule has 0 aromatic heterocycles. The average molecular weight is 222 g/mol. The van der Waals surface area contributed by atoms with Crippen LogP contribution in [0.5, 0.6) is 0 Å². The van der Waals surface area contributed by atoms with Crippen LogP contribution in [0.3, 0.4) is 0 Å². The first-order chi connectivity index (χ1) is 6.60. The number of hydrogen-bond acceptors (Lipinski definition) is 4. The molecule has 0 rings (SSSR count). The quantitative estimate of drug-likeness (QED) is 0.462. The SMILES string of the molecule is CCO[SiH](OCC)OC(C)NC(N)=O. The second-order valence-electron chi connectivity index (χ2n) is 2.49. The van der Waals surface area contributed by atoms with E-state index in [4.69, 9.17) is 19.0 Å². The van der Waals surface area contributed by atoms with Crippen molar-refractivity contribution < 1.29 is 18.1 Å². The summed E-state index contributed by atoms with van der Waals surface area (Å²) in [6.45, 7) is 6.44. The molecular formula is C7H18N2O4Si. The molecule has 1 atom stereocenters. The van der Waals surface area contributed by atoms with Gasteiger partial charge >= 0.3 is 15.6 Å². The number of carbonyl (C=O) groups excluding carboxylic acids is 1. The lowest BCUT2D eigenvalue weighted by Crippen LogP contribution is -2.43. The topological polar surface area (TPSA) is 82.8 Å². The first-order valence-corrected chi connectivity index (χ1v) is 5.96. The van der Waals surface area contributed by atoms with E-state index in [1.165, 1.54) is 0 Å². The van der Waals surface area contributed by atoms with Crippen LogP contribution in [0.15, 0.2) is 0 Å². The molecule has 0 radical (unpaired) electrons. The number of amides is 2. The third-order valence-corrected chi connectivity index (χ3v) is 3.11. The molecule has 0 aromatic carbocycles. The molecule has 0 saturated heterocycles. The molecule has 6 nitrogen and oxygen atoms in total. The van der Waals surface area contributed by atoms with Crippen molar-refractivity contribution in [2.75, 3.05) is 13.2 Å². The van der Waals surface area contributed by atoms with Crippen molar-refractivity contribution in [3.63, 3.8) is 0 Å². The minimum Gasteiger partial charge on any atom is -0.376 e. The molecule has 0 aliphatic carbocycles. The van der Waals surface area contributed by atoms with Crippen LogP contribution in [0.2, 0.25) is 0 Å². The second kappa shape index (κ2) is 7.74. The Labute approximate surface area is 85.7 Å². The first-order valence-electron chi connectivity index (χ1n) is 4.54. The number of nitrogens with two attached hydrogens (primary N) is 1. The Morgan fingerprint density at radius 1 is 1.43 bits per heavy atom. The van der Waals surface area contributed by atoms with E-state index in [1.54, 1.807) is 6.92 Å². The third kappa shape index (κ3) is 6.84. The Morgan fingerprint density at radius 2 is 1.93 bits per heavy atom. The number of urea groups is 1. The normalized spacial score (nSPS) is 12.9. The van der Waals surface area contributed by atoms with Crippen molar-refractivity contribution in [3.8, 4) is 0 Å². The lowest BCUT2D eigenvalue weighted by Gasteiger charge is -2.19. The highest BCUT2D eigenvalue weighted by atomic mass is 28.3. The van der Waals surface area contributed by atoms with Crippen molar-refractivity contribution in [2.24, 2.45) is 5.73 Å². The number of nitrogens with one attached hydrogen (secondary N) is 1.